The van der Waals surface area contributed by atoms with Crippen molar-refractivity contribution in [1.29, 1.82) is 0 Å². The van der Waals surface area contributed by atoms with Crippen LogP contribution in [0, 0.1) is 0 Å². The molecule has 58 valence electrons. The average Bonchev–Trinajstić information content (AvgIpc) is 1.88. The van der Waals surface area contributed by atoms with E-state index in [4.69, 9.17) is 5.26 Å². The van der Waals surface area contributed by atoms with E-state index in [-0.39, 0.29) is 5.78 Å². The van der Waals surface area contributed by atoms with Gasteiger partial charge in [0.05, 0.1) is 0 Å². The summed E-state index contributed by atoms with van der Waals surface area (Å²) in [4.78, 5) is 15.1. The van der Waals surface area contributed by atoms with Crippen LogP contribution >= 0.6 is 0 Å². The summed E-state index contributed by atoms with van der Waals surface area (Å²) < 4.78 is 0. The Morgan fingerprint density at radius 2 is 2.40 bits per heavy atom. The quantitative estimate of drug-likeness (QED) is 0.446. The maximum absolute atomic E-state index is 10.8. The van der Waals surface area contributed by atoms with Crippen molar-refractivity contribution in [2.75, 3.05) is 0 Å². The molecule has 0 bridgehead atoms. The van der Waals surface area contributed by atoms with Crippen LogP contribution in [0.5, 0.6) is 0 Å². The molecule has 0 saturated heterocycles. The van der Waals surface area contributed by atoms with Gasteiger partial charge >= 0.3 is 0 Å². The van der Waals surface area contributed by atoms with Gasteiger partial charge in [-0.15, -0.1) is 0 Å². The van der Waals surface area contributed by atoms with Crippen LogP contribution < -0.4 is 0 Å². The van der Waals surface area contributed by atoms with E-state index >= 15 is 0 Å². The Balaban J connectivity index is 2.53. The summed E-state index contributed by atoms with van der Waals surface area (Å²) in [6, 6.07) is 0. The van der Waals surface area contributed by atoms with E-state index in [0.717, 1.165) is 12.8 Å². The van der Waals surface area contributed by atoms with Crippen LogP contribution in [0.1, 0.15) is 32.6 Å². The number of ketones is 1. The van der Waals surface area contributed by atoms with Gasteiger partial charge in [0.15, 0.2) is 0 Å². The Kier molecular flexibility index (Phi) is 2.06. The minimum Gasteiger partial charge on any atom is -0.300 e. The van der Waals surface area contributed by atoms with E-state index in [2.05, 4.69) is 4.89 Å². The highest BCUT2D eigenvalue weighted by Crippen LogP contribution is 2.27. The van der Waals surface area contributed by atoms with E-state index in [1.807, 2.05) is 0 Å². The number of carbonyl (C=O) groups is 1. The minimum atomic E-state index is -0.602. The lowest BCUT2D eigenvalue weighted by Gasteiger charge is -2.28. The van der Waals surface area contributed by atoms with Crippen LogP contribution in [0.4, 0.5) is 0 Å². The molecule has 1 atom stereocenters. The first-order valence-electron chi connectivity index (χ1n) is 3.51. The largest absolute Gasteiger partial charge is 0.300 e. The van der Waals surface area contributed by atoms with Crippen molar-refractivity contribution in [1.82, 2.24) is 0 Å². The first-order chi connectivity index (χ1) is 4.66. The molecular weight excluding hydrogens is 132 g/mol. The summed E-state index contributed by atoms with van der Waals surface area (Å²) in [6.45, 7) is 1.75. The van der Waals surface area contributed by atoms with Crippen LogP contribution in [0.2, 0.25) is 0 Å². The van der Waals surface area contributed by atoms with Gasteiger partial charge in [-0.1, -0.05) is 0 Å². The topological polar surface area (TPSA) is 46.5 Å². The molecule has 3 nitrogen and oxygen atoms in total. The van der Waals surface area contributed by atoms with Crippen molar-refractivity contribution in [3.63, 3.8) is 0 Å². The predicted octanol–water partition coefficient (Wildman–Crippen LogP) is 1.38. The van der Waals surface area contributed by atoms with Crippen molar-refractivity contribution in [2.24, 2.45) is 0 Å². The van der Waals surface area contributed by atoms with Gasteiger partial charge in [-0.3, -0.25) is 10.1 Å². The molecule has 1 unspecified atom stereocenters. The Morgan fingerprint density at radius 3 is 2.80 bits per heavy atom. The van der Waals surface area contributed by atoms with Crippen molar-refractivity contribution in [3.8, 4) is 0 Å². The number of rotatable bonds is 1. The first kappa shape index (κ1) is 7.69. The second-order valence-corrected chi connectivity index (χ2v) is 3.11. The van der Waals surface area contributed by atoms with Crippen LogP contribution in [0.15, 0.2) is 0 Å². The molecule has 0 aromatic heterocycles. The molecule has 1 aliphatic rings. The molecule has 3 heteroatoms. The molecule has 10 heavy (non-hydrogen) atoms. The lowest BCUT2D eigenvalue weighted by molar-refractivity contribution is -0.321. The van der Waals surface area contributed by atoms with E-state index in [9.17, 15) is 4.79 Å². The first-order valence-corrected chi connectivity index (χ1v) is 3.51. The predicted molar refractivity (Wildman–Crippen MR) is 35.6 cm³/mol. The van der Waals surface area contributed by atoms with Gasteiger partial charge < -0.3 is 0 Å². The maximum atomic E-state index is 10.8. The summed E-state index contributed by atoms with van der Waals surface area (Å²) in [5.74, 6) is 0.183. The Bertz CT molecular complexity index is 144. The zero-order valence-corrected chi connectivity index (χ0v) is 6.09. The fourth-order valence-electron chi connectivity index (χ4n) is 1.33. The molecule has 0 heterocycles. The summed E-state index contributed by atoms with van der Waals surface area (Å²) in [7, 11) is 0. The number of Topliss-reactive ketones (excluding diaryl/α,β-unsaturated/α-hetero) is 1. The molecule has 0 aliphatic heterocycles. The number of carbonyl (C=O) groups excluding carboxylic acids is 1. The second kappa shape index (κ2) is 2.68. The second-order valence-electron chi connectivity index (χ2n) is 3.11. The molecule has 0 radical (unpaired) electrons. The fraction of sp³-hybridized carbons (Fsp3) is 0.857. The fourth-order valence-corrected chi connectivity index (χ4v) is 1.33. The molecule has 1 aliphatic carbocycles. The summed E-state index contributed by atoms with van der Waals surface area (Å²) >= 11 is 0. The molecule has 0 amide bonds. The van der Waals surface area contributed by atoms with Crippen LogP contribution in [-0.2, 0) is 9.68 Å². The Morgan fingerprint density at radius 1 is 1.70 bits per heavy atom. The minimum absolute atomic E-state index is 0.183. The Labute approximate surface area is 59.9 Å². The highest BCUT2D eigenvalue weighted by molar-refractivity contribution is 5.80. The molecular formula is C7H12O3. The standard InChI is InChI=1S/C7H12O3/c1-7(10-9)4-2-3-6(8)5-7/h9H,2-5H2,1H3. The average molecular weight is 144 g/mol. The van der Waals surface area contributed by atoms with Crippen molar-refractivity contribution in [3.05, 3.63) is 0 Å². The third-order valence-electron chi connectivity index (χ3n) is 1.95. The smallest absolute Gasteiger partial charge is 0.135 e. The molecule has 0 aromatic carbocycles. The Hall–Kier alpha value is -0.410. The zero-order chi connectivity index (χ0) is 7.61. The lowest BCUT2D eigenvalue weighted by atomic mass is 9.86. The molecule has 0 spiro atoms. The van der Waals surface area contributed by atoms with Crippen molar-refractivity contribution in [2.45, 2.75) is 38.2 Å². The van der Waals surface area contributed by atoms with E-state index in [0.29, 0.717) is 12.8 Å². The van der Waals surface area contributed by atoms with Crippen LogP contribution in [0.25, 0.3) is 0 Å². The molecule has 1 fully saturated rings. The molecule has 1 saturated carbocycles. The lowest BCUT2D eigenvalue weighted by Crippen LogP contribution is -2.34. The van der Waals surface area contributed by atoms with E-state index in [1.165, 1.54) is 0 Å². The maximum Gasteiger partial charge on any atom is 0.135 e. The molecule has 0 aromatic rings. The normalized spacial score (nSPS) is 34.4. The van der Waals surface area contributed by atoms with Gasteiger partial charge in [0.2, 0.25) is 0 Å². The zero-order valence-electron chi connectivity index (χ0n) is 6.09. The van der Waals surface area contributed by atoms with E-state index < -0.39 is 5.60 Å². The molecule has 1 rings (SSSR count). The summed E-state index contributed by atoms with van der Waals surface area (Å²) in [6.07, 6.45) is 2.59. The van der Waals surface area contributed by atoms with Crippen molar-refractivity contribution < 1.29 is 14.9 Å². The summed E-state index contributed by atoms with van der Waals surface area (Å²) in [5, 5.41) is 8.42. The van der Waals surface area contributed by atoms with Gasteiger partial charge in [0.1, 0.15) is 11.4 Å². The highest BCUT2D eigenvalue weighted by Gasteiger charge is 2.32. The van der Waals surface area contributed by atoms with Crippen molar-refractivity contribution >= 4 is 5.78 Å². The van der Waals surface area contributed by atoms with Gasteiger partial charge in [-0.2, -0.15) is 0 Å². The number of hydrogen-bond donors (Lipinski definition) is 1. The number of hydrogen-bond acceptors (Lipinski definition) is 3. The van der Waals surface area contributed by atoms with Gasteiger partial charge in [0, 0.05) is 12.8 Å². The van der Waals surface area contributed by atoms with Crippen LogP contribution in [0.3, 0.4) is 0 Å². The van der Waals surface area contributed by atoms with Crippen LogP contribution in [-0.4, -0.2) is 16.6 Å². The monoisotopic (exact) mass is 144 g/mol. The summed E-state index contributed by atoms with van der Waals surface area (Å²) in [5.41, 5.74) is -0.602. The van der Waals surface area contributed by atoms with Gasteiger partial charge in [-0.25, -0.2) is 4.89 Å². The molecule has 1 N–H and O–H groups in total. The van der Waals surface area contributed by atoms with E-state index in [1.54, 1.807) is 6.92 Å². The SMILES string of the molecule is CC1(OO)CCCC(=O)C1. The highest BCUT2D eigenvalue weighted by atomic mass is 17.1. The third-order valence-corrected chi connectivity index (χ3v) is 1.95. The van der Waals surface area contributed by atoms with Gasteiger partial charge in [0.25, 0.3) is 0 Å². The third kappa shape index (κ3) is 1.55. The van der Waals surface area contributed by atoms with Gasteiger partial charge in [-0.05, 0) is 19.8 Å².